The number of hydrogen-bond donors (Lipinski definition) is 3. The molecule has 1 aromatic carbocycles. The van der Waals surface area contributed by atoms with Gasteiger partial charge in [-0.1, -0.05) is 17.3 Å². The van der Waals surface area contributed by atoms with Crippen LogP contribution in [0.2, 0.25) is 0 Å². The number of anilines is 1. The van der Waals surface area contributed by atoms with Crippen molar-refractivity contribution in [2.75, 3.05) is 11.9 Å². The number of amidine groups is 1. The van der Waals surface area contributed by atoms with Gasteiger partial charge in [-0.05, 0) is 30.4 Å². The first kappa shape index (κ1) is 15.3. The van der Waals surface area contributed by atoms with Gasteiger partial charge in [-0.2, -0.15) is 0 Å². The molecule has 8 heteroatoms. The molecule has 0 heterocycles. The van der Waals surface area contributed by atoms with Crippen LogP contribution in [-0.4, -0.2) is 23.9 Å². The molecule has 0 saturated heterocycles. The quantitative estimate of drug-likeness (QED) is 0.327. The van der Waals surface area contributed by atoms with Crippen LogP contribution in [0.4, 0.5) is 18.9 Å². The molecule has 0 spiro atoms. The highest BCUT2D eigenvalue weighted by atomic mass is 19.4. The maximum absolute atomic E-state index is 12.3. The summed E-state index contributed by atoms with van der Waals surface area (Å²) in [6.45, 7) is 0.432. The number of oxime groups is 1. The minimum atomic E-state index is -4.73. The first-order chi connectivity index (χ1) is 9.84. The molecule has 0 aliphatic heterocycles. The lowest BCUT2D eigenvalue weighted by atomic mass is 10.0. The summed E-state index contributed by atoms with van der Waals surface area (Å²) in [4.78, 5) is 0. The Labute approximate surface area is 119 Å². The zero-order valence-corrected chi connectivity index (χ0v) is 11.2. The van der Waals surface area contributed by atoms with Gasteiger partial charge in [-0.25, -0.2) is 0 Å². The summed E-state index contributed by atoms with van der Waals surface area (Å²) < 4.78 is 40.9. The molecule has 4 N–H and O–H groups in total. The van der Waals surface area contributed by atoms with Crippen LogP contribution in [0.1, 0.15) is 19.3 Å². The highest BCUT2D eigenvalue weighted by molar-refractivity contribution is 5.80. The van der Waals surface area contributed by atoms with Gasteiger partial charge in [0.05, 0.1) is 5.69 Å². The molecule has 116 valence electrons. The Morgan fingerprint density at radius 2 is 2.05 bits per heavy atom. The number of nitrogens with zero attached hydrogens (tertiary/aromatic N) is 1. The summed E-state index contributed by atoms with van der Waals surface area (Å²) in [5.41, 5.74) is 5.58. The fourth-order valence-corrected chi connectivity index (χ4v) is 2.12. The van der Waals surface area contributed by atoms with Gasteiger partial charge in [0.25, 0.3) is 0 Å². The lowest BCUT2D eigenvalue weighted by molar-refractivity contribution is -0.274. The van der Waals surface area contributed by atoms with E-state index in [1.807, 2.05) is 0 Å². The van der Waals surface area contributed by atoms with E-state index in [1.54, 1.807) is 6.07 Å². The number of nitrogens with two attached hydrogens (primary N) is 1. The second-order valence-corrected chi connectivity index (χ2v) is 5.17. The van der Waals surface area contributed by atoms with Gasteiger partial charge in [0.15, 0.2) is 5.75 Å². The lowest BCUT2D eigenvalue weighted by Crippen LogP contribution is -2.24. The molecule has 21 heavy (non-hydrogen) atoms. The maximum Gasteiger partial charge on any atom is 0.573 e. The monoisotopic (exact) mass is 303 g/mol. The maximum atomic E-state index is 12.3. The molecule has 0 atom stereocenters. The number of para-hydroxylation sites is 2. The predicted molar refractivity (Wildman–Crippen MR) is 71.3 cm³/mol. The van der Waals surface area contributed by atoms with E-state index in [9.17, 15) is 13.2 Å². The summed E-state index contributed by atoms with van der Waals surface area (Å²) in [6.07, 6.45) is -2.58. The zero-order chi connectivity index (χ0) is 15.5. The number of rotatable bonds is 6. The third kappa shape index (κ3) is 4.44. The Bertz CT molecular complexity index is 528. The van der Waals surface area contributed by atoms with Crippen molar-refractivity contribution in [1.82, 2.24) is 0 Å². The first-order valence-electron chi connectivity index (χ1n) is 6.39. The van der Waals surface area contributed by atoms with Crippen molar-refractivity contribution in [2.45, 2.75) is 25.6 Å². The third-order valence-corrected chi connectivity index (χ3v) is 3.41. The van der Waals surface area contributed by atoms with Gasteiger partial charge in [-0.3, -0.25) is 0 Å². The molecule has 0 radical (unpaired) electrons. The molecule has 5 nitrogen and oxygen atoms in total. The summed E-state index contributed by atoms with van der Waals surface area (Å²) in [7, 11) is 0. The molecule has 1 aliphatic carbocycles. The Kier molecular flexibility index (Phi) is 4.15. The Morgan fingerprint density at radius 3 is 2.62 bits per heavy atom. The van der Waals surface area contributed by atoms with E-state index in [-0.39, 0.29) is 22.7 Å². The SMILES string of the molecule is NC(CC1(CNc2ccccc2OC(F)(F)F)CC1)=NO. The fourth-order valence-electron chi connectivity index (χ4n) is 2.12. The standard InChI is InChI=1S/C13H16F3N3O2/c14-13(15,16)21-10-4-2-1-3-9(10)18-8-12(5-6-12)7-11(17)19-20/h1-4,18,20H,5-8H2,(H2,17,19). The van der Waals surface area contributed by atoms with Crippen molar-refractivity contribution in [3.63, 3.8) is 0 Å². The van der Waals surface area contributed by atoms with Crippen molar-refractivity contribution in [3.05, 3.63) is 24.3 Å². The van der Waals surface area contributed by atoms with E-state index < -0.39 is 6.36 Å². The topological polar surface area (TPSA) is 79.9 Å². The Balaban J connectivity index is 2.01. The van der Waals surface area contributed by atoms with Crippen LogP contribution >= 0.6 is 0 Å². The molecule has 1 saturated carbocycles. The molecule has 1 aromatic rings. The van der Waals surface area contributed by atoms with Crippen LogP contribution in [-0.2, 0) is 0 Å². The lowest BCUT2D eigenvalue weighted by Gasteiger charge is -2.18. The van der Waals surface area contributed by atoms with E-state index >= 15 is 0 Å². The van der Waals surface area contributed by atoms with Crippen molar-refractivity contribution >= 4 is 11.5 Å². The van der Waals surface area contributed by atoms with Gasteiger partial charge in [0.1, 0.15) is 5.84 Å². The molecule has 2 rings (SSSR count). The zero-order valence-electron chi connectivity index (χ0n) is 11.2. The second-order valence-electron chi connectivity index (χ2n) is 5.17. The van der Waals surface area contributed by atoms with Crippen molar-refractivity contribution in [2.24, 2.45) is 16.3 Å². The molecule has 1 fully saturated rings. The van der Waals surface area contributed by atoms with Gasteiger partial charge in [0, 0.05) is 13.0 Å². The van der Waals surface area contributed by atoms with Crippen LogP contribution in [0.3, 0.4) is 0 Å². The molecule has 0 aromatic heterocycles. The number of nitrogens with one attached hydrogen (secondary N) is 1. The minimum Gasteiger partial charge on any atom is -0.409 e. The summed E-state index contributed by atoms with van der Waals surface area (Å²) >= 11 is 0. The van der Waals surface area contributed by atoms with Crippen molar-refractivity contribution in [3.8, 4) is 5.75 Å². The van der Waals surface area contributed by atoms with Gasteiger partial charge in [0.2, 0.25) is 0 Å². The Hall–Kier alpha value is -2.12. The van der Waals surface area contributed by atoms with Crippen LogP contribution in [0.25, 0.3) is 0 Å². The number of hydrogen-bond acceptors (Lipinski definition) is 4. The number of alkyl halides is 3. The average molecular weight is 303 g/mol. The van der Waals surface area contributed by atoms with E-state index in [0.717, 1.165) is 12.8 Å². The molecule has 0 amide bonds. The first-order valence-corrected chi connectivity index (χ1v) is 6.39. The Morgan fingerprint density at radius 1 is 1.38 bits per heavy atom. The van der Waals surface area contributed by atoms with Crippen molar-refractivity contribution < 1.29 is 23.1 Å². The fraction of sp³-hybridized carbons (Fsp3) is 0.462. The summed E-state index contributed by atoms with van der Waals surface area (Å²) in [6, 6.07) is 5.85. The average Bonchev–Trinajstić information content (AvgIpc) is 3.16. The highest BCUT2D eigenvalue weighted by Gasteiger charge is 2.43. The van der Waals surface area contributed by atoms with Crippen LogP contribution in [0.5, 0.6) is 5.75 Å². The van der Waals surface area contributed by atoms with E-state index in [0.29, 0.717) is 13.0 Å². The molecule has 1 aliphatic rings. The third-order valence-electron chi connectivity index (χ3n) is 3.41. The van der Waals surface area contributed by atoms with Gasteiger partial charge < -0.3 is 21.0 Å². The van der Waals surface area contributed by atoms with E-state index in [4.69, 9.17) is 10.9 Å². The highest BCUT2D eigenvalue weighted by Crippen LogP contribution is 2.49. The normalized spacial score (nSPS) is 17.4. The summed E-state index contributed by atoms with van der Waals surface area (Å²) in [5.74, 6) is -0.154. The van der Waals surface area contributed by atoms with Gasteiger partial charge in [-0.15, -0.1) is 13.2 Å². The van der Waals surface area contributed by atoms with Crippen LogP contribution in [0, 0.1) is 5.41 Å². The smallest absolute Gasteiger partial charge is 0.409 e. The predicted octanol–water partition coefficient (Wildman–Crippen LogP) is 2.91. The molecular weight excluding hydrogens is 287 g/mol. The van der Waals surface area contributed by atoms with Crippen molar-refractivity contribution in [1.29, 1.82) is 0 Å². The van der Waals surface area contributed by atoms with Crippen LogP contribution < -0.4 is 15.8 Å². The van der Waals surface area contributed by atoms with Crippen LogP contribution in [0.15, 0.2) is 29.4 Å². The minimum absolute atomic E-state index is 0.120. The number of ether oxygens (including phenoxy) is 1. The van der Waals surface area contributed by atoms with E-state index in [1.165, 1.54) is 18.2 Å². The van der Waals surface area contributed by atoms with E-state index in [2.05, 4.69) is 15.2 Å². The molecule has 0 unspecified atom stereocenters. The summed E-state index contributed by atoms with van der Waals surface area (Å²) in [5, 5.41) is 14.5. The largest absolute Gasteiger partial charge is 0.573 e. The molecular formula is C13H16F3N3O2. The molecule has 0 bridgehead atoms. The second kappa shape index (κ2) is 5.71. The number of halogens is 3. The number of benzene rings is 1. The van der Waals surface area contributed by atoms with Gasteiger partial charge >= 0.3 is 6.36 Å².